The number of aliphatic hydroxyl groups excluding tert-OH is 1. The van der Waals surface area contributed by atoms with Crippen molar-refractivity contribution < 1.29 is 54.2 Å². The van der Waals surface area contributed by atoms with Gasteiger partial charge in [0.25, 0.3) is 25.8 Å². The summed E-state index contributed by atoms with van der Waals surface area (Å²) in [4.78, 5) is 27.4. The Morgan fingerprint density at radius 2 is 1.55 bits per heavy atom. The van der Waals surface area contributed by atoms with Crippen molar-refractivity contribution in [1.82, 2.24) is 14.9 Å². The van der Waals surface area contributed by atoms with Crippen LogP contribution in [0.4, 0.5) is 29.3 Å². The fraction of sp³-hybridized carbons (Fsp3) is 0.396. The molecule has 1 unspecified atom stereocenters. The summed E-state index contributed by atoms with van der Waals surface area (Å²) < 4.78 is 105. The highest BCUT2D eigenvalue weighted by atomic mass is 35.5. The SMILES string of the molecule is CN(CCO[Si](C)(C)C(C)(C)C)CCC(CSc1ccccc1)Nc1ccc(S(=O)(=O)NC(=O)c2ccc(N3CCC([C@@H](O)c4cc(CNC(=O)O)ccc4-c4ccc(Cl)cc4)CC3)cc2)cc1S(=O)(=O)C(F)(F)F. The van der Waals surface area contributed by atoms with Gasteiger partial charge in [-0.05, 0) is 146 Å². The zero-order valence-electron chi connectivity index (χ0n) is 42.7. The quantitative estimate of drug-likeness (QED) is 0.0325. The summed E-state index contributed by atoms with van der Waals surface area (Å²) in [5.41, 5.74) is -2.68. The molecule has 6 rings (SSSR count). The molecule has 1 fully saturated rings. The van der Waals surface area contributed by atoms with Gasteiger partial charge < -0.3 is 35.1 Å². The van der Waals surface area contributed by atoms with Gasteiger partial charge in [0.2, 0.25) is 0 Å². The van der Waals surface area contributed by atoms with E-state index in [0.717, 1.165) is 28.2 Å². The lowest BCUT2D eigenvalue weighted by Crippen LogP contribution is -2.42. The molecule has 22 heteroatoms. The molecular weight excluding hydrogens is 1070 g/mol. The van der Waals surface area contributed by atoms with E-state index in [4.69, 9.17) is 21.1 Å². The molecule has 1 saturated heterocycles. The Morgan fingerprint density at radius 1 is 0.893 bits per heavy atom. The van der Waals surface area contributed by atoms with Crippen LogP contribution in [0.25, 0.3) is 11.1 Å². The third-order valence-corrected chi connectivity index (χ3v) is 22.6. The van der Waals surface area contributed by atoms with Crippen molar-refractivity contribution in [3.63, 3.8) is 0 Å². The number of hydrogen-bond donors (Lipinski definition) is 5. The van der Waals surface area contributed by atoms with Crippen LogP contribution in [0.1, 0.15) is 67.6 Å². The monoisotopic (exact) mass is 1130 g/mol. The van der Waals surface area contributed by atoms with E-state index >= 15 is 0 Å². The average molecular weight is 1130 g/mol. The van der Waals surface area contributed by atoms with Crippen LogP contribution < -0.4 is 20.3 Å². The molecule has 406 valence electrons. The number of likely N-dealkylation sites (N-methyl/N-ethyl adjacent to an activating group) is 1. The maximum absolute atomic E-state index is 14.3. The number of carbonyl (C=O) groups is 2. The molecule has 0 saturated carbocycles. The molecule has 5 N–H and O–H groups in total. The number of carboxylic acid groups (broad SMARTS) is 1. The number of sulfone groups is 1. The summed E-state index contributed by atoms with van der Waals surface area (Å²) in [6.45, 7) is 13.4. The third kappa shape index (κ3) is 15.7. The summed E-state index contributed by atoms with van der Waals surface area (Å²) in [5, 5.41) is 26.9. The normalized spacial score (nSPS) is 14.9. The van der Waals surface area contributed by atoms with E-state index in [1.54, 1.807) is 36.4 Å². The summed E-state index contributed by atoms with van der Waals surface area (Å²) in [6, 6.07) is 29.7. The van der Waals surface area contributed by atoms with Crippen molar-refractivity contribution in [3.8, 4) is 11.1 Å². The van der Waals surface area contributed by atoms with Crippen LogP contribution in [-0.2, 0) is 30.8 Å². The zero-order chi connectivity index (χ0) is 54.9. The number of amides is 2. The number of alkyl halides is 3. The second-order valence-electron chi connectivity index (χ2n) is 20.1. The minimum atomic E-state index is -6.12. The highest BCUT2D eigenvalue weighted by Crippen LogP contribution is 2.40. The molecule has 1 aliphatic heterocycles. The average Bonchev–Trinajstić information content (AvgIpc) is 3.36. The maximum atomic E-state index is 14.3. The molecule has 5 aromatic rings. The molecule has 2 atom stereocenters. The molecule has 0 bridgehead atoms. The number of halogens is 4. The minimum absolute atomic E-state index is 0.0156. The van der Waals surface area contributed by atoms with Crippen LogP contribution in [0.15, 0.2) is 130 Å². The fourth-order valence-electron chi connectivity index (χ4n) is 8.26. The van der Waals surface area contributed by atoms with Crippen LogP contribution in [0.5, 0.6) is 0 Å². The van der Waals surface area contributed by atoms with E-state index in [9.17, 15) is 44.7 Å². The van der Waals surface area contributed by atoms with Crippen LogP contribution in [0, 0.1) is 5.92 Å². The molecule has 1 aliphatic rings. The van der Waals surface area contributed by atoms with Crippen LogP contribution in [-0.4, -0.2) is 109 Å². The van der Waals surface area contributed by atoms with Gasteiger partial charge in [-0.1, -0.05) is 80.9 Å². The first-order valence-corrected chi connectivity index (χ1v) is 31.6. The first-order chi connectivity index (χ1) is 35.1. The Morgan fingerprint density at radius 3 is 2.16 bits per heavy atom. The lowest BCUT2D eigenvalue weighted by atomic mass is 9.83. The van der Waals surface area contributed by atoms with Crippen LogP contribution >= 0.6 is 23.4 Å². The Kier molecular flexibility index (Phi) is 19.6. The van der Waals surface area contributed by atoms with Gasteiger partial charge in [-0.3, -0.25) is 4.79 Å². The topological polar surface area (TPSA) is 195 Å². The highest BCUT2D eigenvalue weighted by molar-refractivity contribution is 7.99. The largest absolute Gasteiger partial charge is 0.501 e. The zero-order valence-corrected chi connectivity index (χ0v) is 46.9. The molecule has 0 radical (unpaired) electrons. The minimum Gasteiger partial charge on any atom is -0.465 e. The van der Waals surface area contributed by atoms with Gasteiger partial charge >= 0.3 is 11.6 Å². The van der Waals surface area contributed by atoms with Gasteiger partial charge in [0.15, 0.2) is 8.32 Å². The van der Waals surface area contributed by atoms with E-state index in [-0.39, 0.29) is 23.1 Å². The Labute approximate surface area is 448 Å². The van der Waals surface area contributed by atoms with Crippen molar-refractivity contribution in [2.75, 3.05) is 55.8 Å². The molecule has 5 aromatic carbocycles. The van der Waals surface area contributed by atoms with E-state index < -0.39 is 73.3 Å². The Bertz CT molecular complexity index is 2980. The van der Waals surface area contributed by atoms with Crippen molar-refractivity contribution >= 4 is 74.9 Å². The Hall–Kier alpha value is -5.13. The maximum Gasteiger partial charge on any atom is 0.501 e. The van der Waals surface area contributed by atoms with Gasteiger partial charge in [-0.2, -0.15) is 13.2 Å². The smallest absolute Gasteiger partial charge is 0.465 e. The lowest BCUT2D eigenvalue weighted by molar-refractivity contribution is -0.0436. The van der Waals surface area contributed by atoms with E-state index in [1.807, 2.05) is 70.1 Å². The first kappa shape index (κ1) is 59.1. The number of benzene rings is 5. The third-order valence-electron chi connectivity index (χ3n) is 13.8. The van der Waals surface area contributed by atoms with Crippen LogP contribution in [0.3, 0.4) is 0 Å². The lowest BCUT2D eigenvalue weighted by Gasteiger charge is -2.36. The molecule has 75 heavy (non-hydrogen) atoms. The first-order valence-electron chi connectivity index (χ1n) is 24.3. The van der Waals surface area contributed by atoms with Gasteiger partial charge in [-0.15, -0.1) is 11.8 Å². The number of sulfonamides is 1. The predicted molar refractivity (Wildman–Crippen MR) is 292 cm³/mol. The van der Waals surface area contributed by atoms with Crippen molar-refractivity contribution in [2.45, 2.75) is 97.1 Å². The number of carbonyl (C=O) groups excluding carboxylic acids is 1. The van der Waals surface area contributed by atoms with Crippen molar-refractivity contribution in [2.24, 2.45) is 5.92 Å². The number of aliphatic hydroxyl groups is 1. The molecule has 1 heterocycles. The molecule has 14 nitrogen and oxygen atoms in total. The van der Waals surface area contributed by atoms with E-state index in [0.29, 0.717) is 85.7 Å². The molecule has 0 aliphatic carbocycles. The molecule has 0 spiro atoms. The second-order valence-corrected chi connectivity index (χ2v) is 30.0. The Balaban J connectivity index is 1.14. The van der Waals surface area contributed by atoms with Gasteiger partial charge in [0.05, 0.1) is 16.7 Å². The number of piperidine rings is 1. The van der Waals surface area contributed by atoms with Gasteiger partial charge in [0.1, 0.15) is 4.90 Å². The summed E-state index contributed by atoms with van der Waals surface area (Å²) in [5.74, 6) is -0.948. The second kappa shape index (κ2) is 24.9. The number of thioether (sulfide) groups is 1. The van der Waals surface area contributed by atoms with Gasteiger partial charge in [-0.25, -0.2) is 26.4 Å². The number of nitrogens with one attached hydrogen (secondary N) is 3. The summed E-state index contributed by atoms with van der Waals surface area (Å²) in [7, 11) is -11.2. The van der Waals surface area contributed by atoms with Gasteiger partial charge in [0, 0.05) is 65.7 Å². The van der Waals surface area contributed by atoms with E-state index in [1.165, 1.54) is 23.9 Å². The molecule has 2 amide bonds. The summed E-state index contributed by atoms with van der Waals surface area (Å²) in [6.07, 6.45) is -0.560. The number of rotatable bonds is 22. The number of hydrogen-bond acceptors (Lipinski definition) is 12. The predicted octanol–water partition coefficient (Wildman–Crippen LogP) is 11.1. The highest BCUT2D eigenvalue weighted by Gasteiger charge is 2.48. The fourth-order valence-corrected chi connectivity index (χ4v) is 12.4. The van der Waals surface area contributed by atoms with Crippen molar-refractivity contribution in [1.29, 1.82) is 0 Å². The number of nitrogens with zero attached hydrogens (tertiary/aromatic N) is 2. The summed E-state index contributed by atoms with van der Waals surface area (Å²) >= 11 is 7.56. The molecular formula is C53H65ClF3N5O9S3Si. The number of anilines is 2. The van der Waals surface area contributed by atoms with E-state index in [2.05, 4.69) is 44.5 Å². The van der Waals surface area contributed by atoms with Crippen molar-refractivity contribution in [3.05, 3.63) is 137 Å². The standard InChI is InChI=1S/C53H65ClF3N5O9S3Si/c1-52(2,3)75(5,6)71-31-30-61(4)27-26-41(35-72-43-10-8-7-9-11-43)59-47-23-21-44(33-48(47)73(67,68)53(55,56)57)74(69,70)60-50(64)39-15-19-42(20-16-39)62-28-24-38(25-29-62)49(63)46-32-36(34-58-51(65)66)12-22-45(46)37-13-17-40(54)18-14-37/h7-23,32-33,38,41,49,58-59,63H,24-31,34-35H2,1-6H3,(H,60,64)(H,65,66)/t41?,49-/m1/s1. The molecule has 0 aromatic heterocycles. The van der Waals surface area contributed by atoms with Crippen LogP contribution in [0.2, 0.25) is 23.2 Å².